The van der Waals surface area contributed by atoms with Crippen molar-refractivity contribution in [2.45, 2.75) is 65.2 Å². The van der Waals surface area contributed by atoms with Crippen molar-refractivity contribution in [3.8, 4) is 0 Å². The van der Waals surface area contributed by atoms with Crippen LogP contribution in [-0.4, -0.2) is 141 Å². The van der Waals surface area contributed by atoms with E-state index in [4.69, 9.17) is 96.7 Å². The molecule has 0 amide bonds. The topological polar surface area (TPSA) is 562 Å². The highest BCUT2D eigenvalue weighted by Crippen LogP contribution is 2.32. The lowest BCUT2D eigenvalue weighted by atomic mass is 10.2. The Balaban J connectivity index is 0.000000174. The van der Waals surface area contributed by atoms with Gasteiger partial charge in [-0.3, -0.25) is 39.7 Å². The summed E-state index contributed by atoms with van der Waals surface area (Å²) in [6.45, 7) is 6.88. The summed E-state index contributed by atoms with van der Waals surface area (Å²) in [5, 5.41) is 36.3. The Labute approximate surface area is 528 Å². The lowest BCUT2D eigenvalue weighted by Gasteiger charge is -2.13. The SMILES string of the molecule is CCc1nc(Cl)nc2c(NC)nc(Cl)nc12.CCc1nc(NCC2CC2)nc2c(NC)nc(NCC3CC3)nc12.Clc1nc(Cl)c2nc(Cl)nc(Cl)c2n1.N=C(N)[O-].NCC1CC1.Nc1c(C(=O)O)[nH]c(=O)[nH]c1=O.O=c1[nH]c(=O)c2[nH]c(=O)[nH]c(=O)c2[nH]1. The molecule has 0 radical (unpaired) electrons. The fraction of sp³-hybridized carbons (Fsp3) is 0.375. The molecule has 35 nitrogen and oxygen atoms in total. The molecule has 12 rings (SSSR count). The summed E-state index contributed by atoms with van der Waals surface area (Å²) in [4.78, 5) is 137. The zero-order chi connectivity index (χ0) is 65.4. The number of aromatic carboxylic acids is 1. The number of nitrogens with zero attached hydrogens (tertiary/aromatic N) is 12. The molecule has 0 bridgehead atoms. The Morgan fingerprint density at radius 3 is 1.35 bits per heavy atom. The van der Waals surface area contributed by atoms with Gasteiger partial charge in [-0.15, -0.1) is 0 Å². The standard InChI is InChI=1S/C17H25N7.C9H9Cl2N5.C6Cl4N4.C6H4N4O4.C5H5N3O4.C4H9N.CH4N2O/c1-3-12-13-14(23-16(21-12)19-8-10-4-5-10)15(18-2)24-17(22-13)20-9-11-6-7-11;1-3-4-5-6(15-8(10)13-4)7(12-2)16-9(11)14-5;7-3-1-2(12-6(10)13-3)4(8)14-5(9)11-1;11-3-1-2(8-6(14)9-3)4(12)10-5(13)7-1;6-1-2(4(10)11)7-5(12)8-3(1)9;5-3-4-1-2-4;2-1(3)4/h10-11H,3-9H2,1-2H3,(H,19,21,23)(H2,18,20,22,24);3H2,1-2H3,(H,12,14,16);;(H2,7,10,12,13)(H2,8,9,11,14);6H2,(H,10,11)(H2,7,8,9,12);4H,1-3,5H2;(H4,2,3,4)/p-1. The third-order valence-electron chi connectivity index (χ3n) is 12.1. The first-order valence-corrected chi connectivity index (χ1v) is 28.6. The number of amidine groups is 1. The van der Waals surface area contributed by atoms with Gasteiger partial charge in [-0.25, -0.2) is 69.0 Å². The van der Waals surface area contributed by atoms with Crippen molar-refractivity contribution in [1.29, 1.82) is 5.41 Å². The van der Waals surface area contributed by atoms with Crippen molar-refractivity contribution in [2.75, 3.05) is 60.7 Å². The minimum Gasteiger partial charge on any atom is -0.847 e. The van der Waals surface area contributed by atoms with E-state index in [0.717, 1.165) is 72.0 Å². The van der Waals surface area contributed by atoms with Crippen LogP contribution in [0.1, 0.15) is 74.2 Å². The van der Waals surface area contributed by atoms with Crippen LogP contribution in [0.4, 0.5) is 29.2 Å². The minimum absolute atomic E-state index is 0.0182. The Morgan fingerprint density at radius 1 is 0.539 bits per heavy atom. The van der Waals surface area contributed by atoms with Crippen LogP contribution < -0.4 is 77.3 Å². The van der Waals surface area contributed by atoms with Crippen LogP contribution in [0.5, 0.6) is 0 Å². The van der Waals surface area contributed by atoms with E-state index in [1.807, 2.05) is 28.9 Å². The predicted octanol–water partition coefficient (Wildman–Crippen LogP) is 2.56. The Bertz CT molecular complexity index is 4200. The molecule has 0 aromatic carbocycles. The lowest BCUT2D eigenvalue weighted by molar-refractivity contribution is -0.219. The van der Waals surface area contributed by atoms with Crippen LogP contribution >= 0.6 is 69.6 Å². The van der Waals surface area contributed by atoms with Gasteiger partial charge in [-0.05, 0) is 122 Å². The first-order chi connectivity index (χ1) is 42.2. The Kier molecular flexibility index (Phi) is 24.7. The third kappa shape index (κ3) is 20.3. The maximum absolute atomic E-state index is 11.1. The number of nitrogens with two attached hydrogens (primary N) is 3. The molecule has 3 saturated carbocycles. The van der Waals surface area contributed by atoms with Crippen LogP contribution in [0.25, 0.3) is 44.1 Å². The molecule has 9 aromatic rings. The molecule has 3 aliphatic carbocycles. The van der Waals surface area contributed by atoms with Gasteiger partial charge in [0, 0.05) is 33.2 Å². The molecule has 0 unspecified atom stereocenters. The molecule has 3 fully saturated rings. The van der Waals surface area contributed by atoms with Crippen LogP contribution in [0.15, 0.2) is 28.8 Å². The molecule has 3 aliphatic rings. The molecule has 9 aromatic heterocycles. The van der Waals surface area contributed by atoms with Gasteiger partial charge in [-0.2, -0.15) is 9.97 Å². The fourth-order valence-corrected chi connectivity index (χ4v) is 8.41. The maximum atomic E-state index is 11.1. The van der Waals surface area contributed by atoms with E-state index in [2.05, 4.69) is 104 Å². The number of hydrogen-bond donors (Lipinski definition) is 15. The average Bonchev–Trinajstić information content (AvgIpc) is 2.23. The summed E-state index contributed by atoms with van der Waals surface area (Å²) in [5.74, 6) is 3.67. The van der Waals surface area contributed by atoms with E-state index in [9.17, 15) is 33.6 Å². The summed E-state index contributed by atoms with van der Waals surface area (Å²) in [7, 11) is 3.61. The summed E-state index contributed by atoms with van der Waals surface area (Å²) in [6, 6.07) is -1.08. The second-order valence-electron chi connectivity index (χ2n) is 18.8. The molecule has 0 aliphatic heterocycles. The Morgan fingerprint density at radius 2 is 0.910 bits per heavy atom. The smallest absolute Gasteiger partial charge is 0.354 e. The first-order valence-electron chi connectivity index (χ1n) is 26.3. The van der Waals surface area contributed by atoms with Crippen LogP contribution in [-0.2, 0) is 12.8 Å². The normalized spacial score (nSPS) is 12.8. The number of nitrogens with one attached hydrogen (secondary N) is 11. The number of nitrogen functional groups attached to an aromatic ring is 1. The molecule has 0 saturated heterocycles. The van der Waals surface area contributed by atoms with Crippen molar-refractivity contribution in [2.24, 2.45) is 29.2 Å². The van der Waals surface area contributed by atoms with Crippen LogP contribution in [0, 0.1) is 23.2 Å². The third-order valence-corrected chi connectivity index (χ3v) is 13.3. The van der Waals surface area contributed by atoms with E-state index < -0.39 is 57.1 Å². The van der Waals surface area contributed by atoms with Crippen molar-refractivity contribution >= 4 is 155 Å². The number of anilines is 5. The zero-order valence-electron chi connectivity index (χ0n) is 47.1. The highest BCUT2D eigenvalue weighted by molar-refractivity contribution is 6.39. The molecule has 89 heavy (non-hydrogen) atoms. The number of fused-ring (bicyclic) bond motifs is 4. The second-order valence-corrected chi connectivity index (χ2v) is 20.9. The fourth-order valence-electron chi connectivity index (χ4n) is 7.21. The monoisotopic (exact) mass is 1350 g/mol. The highest BCUT2D eigenvalue weighted by atomic mass is 35.5. The van der Waals surface area contributed by atoms with Gasteiger partial charge in [0.15, 0.2) is 27.6 Å². The maximum Gasteiger partial charge on any atom is 0.354 e. The lowest BCUT2D eigenvalue weighted by Crippen LogP contribution is -2.31. The summed E-state index contributed by atoms with van der Waals surface area (Å²) < 4.78 is 0. The van der Waals surface area contributed by atoms with Crippen LogP contribution in [0.3, 0.4) is 0 Å². The van der Waals surface area contributed by atoms with Crippen molar-refractivity contribution in [3.05, 3.63) is 111 Å². The van der Waals surface area contributed by atoms with E-state index in [0.29, 0.717) is 35.2 Å². The second kappa shape index (κ2) is 31.8. The first kappa shape index (κ1) is 69.1. The molecular formula is C48H55Cl6N26O9-. The number of carbonyl (C=O) groups is 1. The zero-order valence-corrected chi connectivity index (χ0v) is 51.6. The largest absolute Gasteiger partial charge is 0.847 e. The number of H-pyrrole nitrogens is 6. The summed E-state index contributed by atoms with van der Waals surface area (Å²) in [6.07, 6.45) is 9.52. The van der Waals surface area contributed by atoms with Gasteiger partial charge >= 0.3 is 23.0 Å². The summed E-state index contributed by atoms with van der Waals surface area (Å²) >= 11 is 34.3. The van der Waals surface area contributed by atoms with Crippen molar-refractivity contribution in [3.63, 3.8) is 0 Å². The number of halogens is 6. The van der Waals surface area contributed by atoms with E-state index in [1.165, 1.54) is 38.5 Å². The van der Waals surface area contributed by atoms with Gasteiger partial charge in [-0.1, -0.05) is 37.0 Å². The predicted molar refractivity (Wildman–Crippen MR) is 335 cm³/mol. The molecule has 474 valence electrons. The van der Waals surface area contributed by atoms with E-state index in [-0.39, 0.29) is 53.5 Å². The van der Waals surface area contributed by atoms with E-state index >= 15 is 0 Å². The molecule has 9 heterocycles. The number of rotatable bonds is 12. The number of aryl methyl sites for hydroxylation is 2. The van der Waals surface area contributed by atoms with E-state index in [1.54, 1.807) is 12.0 Å². The van der Waals surface area contributed by atoms with Gasteiger partial charge in [0.1, 0.15) is 49.8 Å². The number of hydrogen-bond acceptors (Lipinski definition) is 27. The van der Waals surface area contributed by atoms with Crippen LogP contribution in [0.2, 0.25) is 31.4 Å². The summed E-state index contributed by atoms with van der Waals surface area (Å²) in [5.41, 5.74) is 12.9. The average molecular weight is 1350 g/mol. The van der Waals surface area contributed by atoms with Gasteiger partial charge < -0.3 is 58.6 Å². The number of carboxylic acids is 1. The van der Waals surface area contributed by atoms with Crippen molar-refractivity contribution in [1.82, 2.24) is 89.7 Å². The van der Waals surface area contributed by atoms with Crippen molar-refractivity contribution < 1.29 is 15.0 Å². The highest BCUT2D eigenvalue weighted by Gasteiger charge is 2.24. The molecule has 41 heteroatoms. The quantitative estimate of drug-likeness (QED) is 0.0362. The van der Waals surface area contributed by atoms with Gasteiger partial charge in [0.2, 0.25) is 33.0 Å². The Hall–Kier alpha value is -9.00. The number of aromatic nitrogens is 18. The number of aromatic amines is 6. The molecule has 18 N–H and O–H groups in total. The molecule has 0 atom stereocenters. The minimum atomic E-state index is -1.45. The number of carboxylic acid groups (broad SMARTS) is 1. The van der Waals surface area contributed by atoms with Gasteiger partial charge in [0.05, 0.1) is 11.4 Å². The molecular weight excluding hydrogens is 1300 g/mol. The molecule has 0 spiro atoms. The van der Waals surface area contributed by atoms with Gasteiger partial charge in [0.25, 0.3) is 16.7 Å².